The Bertz CT molecular complexity index is 1260. The molecule has 1 aliphatic carbocycles. The van der Waals surface area contributed by atoms with Crippen molar-refractivity contribution in [3.63, 3.8) is 0 Å². The zero-order valence-electron chi connectivity index (χ0n) is 23.3. The van der Waals surface area contributed by atoms with Crippen molar-refractivity contribution in [2.24, 2.45) is 20.8 Å². The van der Waals surface area contributed by atoms with E-state index < -0.39 is 0 Å². The maximum atomic E-state index is 5.07. The first-order chi connectivity index (χ1) is 18.3. The van der Waals surface area contributed by atoms with Crippen LogP contribution in [0.15, 0.2) is 119 Å². The lowest BCUT2D eigenvalue weighted by atomic mass is 9.52. The van der Waals surface area contributed by atoms with Gasteiger partial charge in [0.05, 0.1) is 11.4 Å². The van der Waals surface area contributed by atoms with Gasteiger partial charge < -0.3 is 10.6 Å². The summed E-state index contributed by atoms with van der Waals surface area (Å²) in [4.78, 5) is 10.1. The van der Waals surface area contributed by atoms with Crippen molar-refractivity contribution in [1.82, 2.24) is 0 Å². The highest BCUT2D eigenvalue weighted by Crippen LogP contribution is 2.50. The Balaban J connectivity index is 0.00000164. The highest BCUT2D eigenvalue weighted by atomic mass is 14.9. The molecule has 0 saturated heterocycles. The van der Waals surface area contributed by atoms with Gasteiger partial charge in [-0.1, -0.05) is 50.2 Å². The number of anilines is 4. The van der Waals surface area contributed by atoms with E-state index in [0.29, 0.717) is 0 Å². The molecule has 0 radical (unpaired) electrons. The second kappa shape index (κ2) is 11.5. The molecular weight excluding hydrogens is 464 g/mol. The summed E-state index contributed by atoms with van der Waals surface area (Å²) in [6, 6.07) is 36.9. The topological polar surface area (TPSA) is 48.8 Å². The molecule has 4 aromatic rings. The van der Waals surface area contributed by atoms with Crippen molar-refractivity contribution >= 4 is 45.5 Å². The van der Waals surface area contributed by atoms with Gasteiger partial charge in [0.15, 0.2) is 0 Å². The molecule has 4 nitrogen and oxygen atoms in total. The molecule has 1 aliphatic rings. The van der Waals surface area contributed by atoms with Crippen LogP contribution in [-0.4, -0.2) is 11.4 Å². The largest absolute Gasteiger partial charge is 0.356 e. The van der Waals surface area contributed by atoms with Gasteiger partial charge in [-0.05, 0) is 100 Å². The van der Waals surface area contributed by atoms with Crippen LogP contribution in [0.5, 0.6) is 0 Å². The summed E-state index contributed by atoms with van der Waals surface area (Å²) in [7, 11) is 0. The van der Waals surface area contributed by atoms with E-state index in [-0.39, 0.29) is 10.8 Å². The average Bonchev–Trinajstić information content (AvgIpc) is 2.94. The first-order valence-corrected chi connectivity index (χ1v) is 13.4. The van der Waals surface area contributed by atoms with E-state index in [1.54, 1.807) is 0 Å². The summed E-state index contributed by atoms with van der Waals surface area (Å²) in [5, 5.41) is 6.85. The molecule has 0 heterocycles. The Kier molecular flexibility index (Phi) is 8.11. The minimum Gasteiger partial charge on any atom is -0.356 e. The first-order valence-electron chi connectivity index (χ1n) is 13.4. The van der Waals surface area contributed by atoms with Crippen LogP contribution in [0.4, 0.5) is 34.1 Å². The zero-order chi connectivity index (χ0) is 27.2. The SMILES string of the molecule is CC.CC1(C)C(=Nc2ccc(Nc3ccccc3)cc2)C(C)(C)C1=Nc1ccc(Nc2ccccc2)cc1. The second-order valence-corrected chi connectivity index (χ2v) is 10.2. The predicted molar refractivity (Wildman–Crippen MR) is 165 cm³/mol. The molecule has 0 unspecified atom stereocenters. The lowest BCUT2D eigenvalue weighted by molar-refractivity contribution is 0.491. The quantitative estimate of drug-likeness (QED) is 0.275. The first kappa shape index (κ1) is 26.9. The number of benzene rings is 4. The summed E-state index contributed by atoms with van der Waals surface area (Å²) >= 11 is 0. The van der Waals surface area contributed by atoms with Gasteiger partial charge in [0, 0.05) is 45.0 Å². The van der Waals surface area contributed by atoms with Crippen molar-refractivity contribution in [3.8, 4) is 0 Å². The maximum Gasteiger partial charge on any atom is 0.0631 e. The Hall–Kier alpha value is -4.18. The van der Waals surface area contributed by atoms with Crippen LogP contribution in [-0.2, 0) is 0 Å². The lowest BCUT2D eigenvalue weighted by Crippen LogP contribution is -2.61. The van der Waals surface area contributed by atoms with E-state index in [2.05, 4.69) is 111 Å². The molecule has 1 fully saturated rings. The standard InChI is InChI=1S/C32H32N4.C2H6/c1-31(2)29(35-27-19-15-25(16-20-27)33-23-11-7-5-8-12-23)32(3,4)30(31)36-28-21-17-26(18-22-28)34-24-13-9-6-10-14-24;1-2/h5-22,33-34H,1-4H3;1-2H3. The van der Waals surface area contributed by atoms with Crippen LogP contribution in [0, 0.1) is 10.8 Å². The van der Waals surface area contributed by atoms with Gasteiger partial charge in [-0.25, -0.2) is 0 Å². The minimum absolute atomic E-state index is 0.203. The lowest BCUT2D eigenvalue weighted by Gasteiger charge is -2.52. The number of hydrogen-bond acceptors (Lipinski definition) is 4. The van der Waals surface area contributed by atoms with Gasteiger partial charge in [0.25, 0.3) is 0 Å². The van der Waals surface area contributed by atoms with Crippen LogP contribution in [0.1, 0.15) is 41.5 Å². The normalized spacial score (nSPS) is 14.9. The summed E-state index contributed by atoms with van der Waals surface area (Å²) in [5.74, 6) is 0. The Labute approximate surface area is 227 Å². The van der Waals surface area contributed by atoms with E-state index in [9.17, 15) is 0 Å². The number of rotatable bonds is 6. The predicted octanol–water partition coefficient (Wildman–Crippen LogP) is 10.1. The molecule has 2 N–H and O–H groups in total. The monoisotopic (exact) mass is 502 g/mol. The van der Waals surface area contributed by atoms with Gasteiger partial charge in [-0.2, -0.15) is 0 Å². The van der Waals surface area contributed by atoms with E-state index in [1.807, 2.05) is 50.2 Å². The molecule has 4 heteroatoms. The van der Waals surface area contributed by atoms with E-state index in [0.717, 1.165) is 45.5 Å². The highest BCUT2D eigenvalue weighted by molar-refractivity contribution is 6.34. The zero-order valence-corrected chi connectivity index (χ0v) is 23.3. The number of aliphatic imine (C=N–C) groups is 2. The highest BCUT2D eigenvalue weighted by Gasteiger charge is 2.56. The van der Waals surface area contributed by atoms with Crippen molar-refractivity contribution in [1.29, 1.82) is 0 Å². The van der Waals surface area contributed by atoms with Crippen LogP contribution in [0.25, 0.3) is 0 Å². The van der Waals surface area contributed by atoms with Gasteiger partial charge >= 0.3 is 0 Å². The van der Waals surface area contributed by atoms with Crippen LogP contribution < -0.4 is 10.6 Å². The van der Waals surface area contributed by atoms with Crippen molar-refractivity contribution in [2.45, 2.75) is 41.5 Å². The Morgan fingerprint density at radius 2 is 0.711 bits per heavy atom. The molecule has 38 heavy (non-hydrogen) atoms. The summed E-state index contributed by atoms with van der Waals surface area (Å²) in [6.45, 7) is 12.9. The number of nitrogens with zero attached hydrogens (tertiary/aromatic N) is 2. The molecule has 4 aromatic carbocycles. The van der Waals surface area contributed by atoms with Crippen LogP contribution in [0.3, 0.4) is 0 Å². The van der Waals surface area contributed by atoms with Gasteiger partial charge in [-0.3, -0.25) is 9.98 Å². The van der Waals surface area contributed by atoms with E-state index in [4.69, 9.17) is 9.98 Å². The Morgan fingerprint density at radius 1 is 0.421 bits per heavy atom. The summed E-state index contributed by atoms with van der Waals surface area (Å²) in [6.07, 6.45) is 0. The number of nitrogens with one attached hydrogen (secondary N) is 2. The third-order valence-corrected chi connectivity index (χ3v) is 6.71. The maximum absolute atomic E-state index is 5.07. The third kappa shape index (κ3) is 5.86. The second-order valence-electron chi connectivity index (χ2n) is 10.2. The number of hydrogen-bond donors (Lipinski definition) is 2. The molecule has 194 valence electrons. The molecule has 0 amide bonds. The fraction of sp³-hybridized carbons (Fsp3) is 0.235. The summed E-state index contributed by atoms with van der Waals surface area (Å²) in [5.41, 5.74) is 8.05. The van der Waals surface area contributed by atoms with Crippen LogP contribution >= 0.6 is 0 Å². The van der Waals surface area contributed by atoms with Gasteiger partial charge in [-0.15, -0.1) is 0 Å². The molecular formula is C34H38N4. The molecule has 5 rings (SSSR count). The fourth-order valence-electron chi connectivity index (χ4n) is 5.16. The van der Waals surface area contributed by atoms with Crippen LogP contribution in [0.2, 0.25) is 0 Å². The number of para-hydroxylation sites is 2. The fourth-order valence-corrected chi connectivity index (χ4v) is 5.16. The average molecular weight is 503 g/mol. The van der Waals surface area contributed by atoms with E-state index in [1.165, 1.54) is 0 Å². The molecule has 0 aromatic heterocycles. The van der Waals surface area contributed by atoms with E-state index >= 15 is 0 Å². The smallest absolute Gasteiger partial charge is 0.0631 e. The molecule has 0 spiro atoms. The van der Waals surface area contributed by atoms with Gasteiger partial charge in [0.1, 0.15) is 0 Å². The molecule has 0 aliphatic heterocycles. The molecule has 0 bridgehead atoms. The summed E-state index contributed by atoms with van der Waals surface area (Å²) < 4.78 is 0. The minimum atomic E-state index is -0.203. The third-order valence-electron chi connectivity index (χ3n) is 6.71. The Morgan fingerprint density at radius 3 is 1.03 bits per heavy atom. The molecule has 1 saturated carbocycles. The van der Waals surface area contributed by atoms with Crippen molar-refractivity contribution in [2.75, 3.05) is 10.6 Å². The molecule has 0 atom stereocenters. The van der Waals surface area contributed by atoms with Crippen molar-refractivity contribution < 1.29 is 0 Å². The van der Waals surface area contributed by atoms with Crippen molar-refractivity contribution in [3.05, 3.63) is 109 Å². The van der Waals surface area contributed by atoms with Gasteiger partial charge in [0.2, 0.25) is 0 Å².